The van der Waals surface area contributed by atoms with E-state index in [0.29, 0.717) is 5.75 Å². The zero-order valence-corrected chi connectivity index (χ0v) is 11.6. The molecule has 1 N–H and O–H groups in total. The Morgan fingerprint density at radius 2 is 1.10 bits per heavy atom. The zero-order chi connectivity index (χ0) is 14.8. The van der Waals surface area contributed by atoms with E-state index in [1.807, 2.05) is 72.9 Å². The molecule has 0 saturated heterocycles. The standard InChI is InChI=1S/C13H11N.C6H6O/c1-3-7-12(8-4-1)11-14-13-9-5-2-6-10-13;7-6-4-2-1-3-5-6/h1-11H;1-5,7H/b14-11+;. The van der Waals surface area contributed by atoms with Gasteiger partial charge in [0.15, 0.2) is 0 Å². The second kappa shape index (κ2) is 8.33. The summed E-state index contributed by atoms with van der Waals surface area (Å²) in [6, 6.07) is 28.7. The third-order valence-corrected chi connectivity index (χ3v) is 2.67. The number of para-hydroxylation sites is 2. The average Bonchev–Trinajstić information content (AvgIpc) is 2.56. The lowest BCUT2D eigenvalue weighted by Crippen LogP contribution is -1.77. The summed E-state index contributed by atoms with van der Waals surface area (Å²) in [5.41, 5.74) is 2.10. The minimum absolute atomic E-state index is 0.322. The highest BCUT2D eigenvalue weighted by molar-refractivity contribution is 5.81. The Kier molecular flexibility index (Phi) is 5.77. The van der Waals surface area contributed by atoms with Crippen molar-refractivity contribution in [1.82, 2.24) is 0 Å². The molecule has 0 amide bonds. The van der Waals surface area contributed by atoms with Gasteiger partial charge < -0.3 is 5.11 Å². The van der Waals surface area contributed by atoms with Gasteiger partial charge in [-0.1, -0.05) is 66.7 Å². The van der Waals surface area contributed by atoms with Gasteiger partial charge in [0.05, 0.1) is 5.69 Å². The fourth-order valence-electron chi connectivity index (χ4n) is 1.63. The molecule has 2 heteroatoms. The largest absolute Gasteiger partial charge is 0.508 e. The average molecular weight is 275 g/mol. The first-order valence-electron chi connectivity index (χ1n) is 6.73. The van der Waals surface area contributed by atoms with Crippen molar-refractivity contribution in [2.75, 3.05) is 0 Å². The lowest BCUT2D eigenvalue weighted by atomic mass is 10.2. The van der Waals surface area contributed by atoms with Crippen LogP contribution in [0.2, 0.25) is 0 Å². The number of rotatable bonds is 2. The van der Waals surface area contributed by atoms with Crippen LogP contribution in [-0.2, 0) is 0 Å². The molecule has 0 bridgehead atoms. The molecule has 0 unspecified atom stereocenters. The first-order valence-corrected chi connectivity index (χ1v) is 6.73. The summed E-state index contributed by atoms with van der Waals surface area (Å²) in [5.74, 6) is 0.322. The van der Waals surface area contributed by atoms with Crippen molar-refractivity contribution >= 4 is 11.9 Å². The second-order valence-corrected chi connectivity index (χ2v) is 4.34. The van der Waals surface area contributed by atoms with Crippen LogP contribution in [0.5, 0.6) is 5.75 Å². The van der Waals surface area contributed by atoms with Crippen LogP contribution in [0.25, 0.3) is 0 Å². The van der Waals surface area contributed by atoms with E-state index >= 15 is 0 Å². The number of nitrogens with zero attached hydrogens (tertiary/aromatic N) is 1. The van der Waals surface area contributed by atoms with E-state index in [-0.39, 0.29) is 0 Å². The molecule has 0 fully saturated rings. The maximum atomic E-state index is 8.63. The van der Waals surface area contributed by atoms with E-state index in [1.165, 1.54) is 0 Å². The van der Waals surface area contributed by atoms with E-state index in [4.69, 9.17) is 5.11 Å². The number of aliphatic imine (C=N–C) groups is 1. The van der Waals surface area contributed by atoms with E-state index in [1.54, 1.807) is 24.3 Å². The molecule has 3 rings (SSSR count). The highest BCUT2D eigenvalue weighted by Crippen LogP contribution is 2.09. The zero-order valence-electron chi connectivity index (χ0n) is 11.6. The minimum atomic E-state index is 0.322. The molecule has 0 aliphatic carbocycles. The van der Waals surface area contributed by atoms with Gasteiger partial charge >= 0.3 is 0 Å². The number of benzene rings is 3. The lowest BCUT2D eigenvalue weighted by Gasteiger charge is -1.92. The van der Waals surface area contributed by atoms with E-state index in [9.17, 15) is 0 Å². The molecular weight excluding hydrogens is 258 g/mol. The molecule has 0 heterocycles. The Balaban J connectivity index is 0.000000194. The van der Waals surface area contributed by atoms with Crippen LogP contribution >= 0.6 is 0 Å². The quantitative estimate of drug-likeness (QED) is 0.667. The maximum absolute atomic E-state index is 8.63. The van der Waals surface area contributed by atoms with Crippen molar-refractivity contribution in [3.8, 4) is 5.75 Å². The minimum Gasteiger partial charge on any atom is -0.508 e. The first-order chi connectivity index (χ1) is 10.3. The van der Waals surface area contributed by atoms with Crippen molar-refractivity contribution in [1.29, 1.82) is 0 Å². The first kappa shape index (κ1) is 14.5. The van der Waals surface area contributed by atoms with Crippen LogP contribution in [0.1, 0.15) is 5.56 Å². The van der Waals surface area contributed by atoms with Crippen LogP contribution in [0.3, 0.4) is 0 Å². The monoisotopic (exact) mass is 275 g/mol. The Morgan fingerprint density at radius 3 is 1.57 bits per heavy atom. The van der Waals surface area contributed by atoms with Crippen molar-refractivity contribution in [3.63, 3.8) is 0 Å². The van der Waals surface area contributed by atoms with Crippen molar-refractivity contribution in [2.24, 2.45) is 4.99 Å². The van der Waals surface area contributed by atoms with Gasteiger partial charge in [0, 0.05) is 6.21 Å². The lowest BCUT2D eigenvalue weighted by molar-refractivity contribution is 0.475. The molecule has 104 valence electrons. The predicted octanol–water partition coefficient (Wildman–Crippen LogP) is 4.83. The van der Waals surface area contributed by atoms with Crippen molar-refractivity contribution < 1.29 is 5.11 Å². The molecular formula is C19H17NO. The molecule has 0 aromatic heterocycles. The highest BCUT2D eigenvalue weighted by atomic mass is 16.3. The van der Waals surface area contributed by atoms with Crippen molar-refractivity contribution in [3.05, 3.63) is 96.6 Å². The summed E-state index contributed by atoms with van der Waals surface area (Å²) in [7, 11) is 0. The number of hydrogen-bond acceptors (Lipinski definition) is 2. The number of phenolic OH excluding ortho intramolecular Hbond substituents is 1. The van der Waals surface area contributed by atoms with Crippen LogP contribution in [0.4, 0.5) is 5.69 Å². The van der Waals surface area contributed by atoms with Crippen LogP contribution < -0.4 is 0 Å². The fourth-order valence-corrected chi connectivity index (χ4v) is 1.63. The van der Waals surface area contributed by atoms with Gasteiger partial charge in [-0.3, -0.25) is 4.99 Å². The second-order valence-electron chi connectivity index (χ2n) is 4.34. The topological polar surface area (TPSA) is 32.6 Å². The highest BCUT2D eigenvalue weighted by Gasteiger charge is 1.85. The SMILES string of the molecule is C(=N\c1ccccc1)/c1ccccc1.Oc1ccccc1. The molecule has 3 aromatic carbocycles. The van der Waals surface area contributed by atoms with Crippen molar-refractivity contribution in [2.45, 2.75) is 0 Å². The Bertz CT molecular complexity index is 607. The smallest absolute Gasteiger partial charge is 0.115 e. The molecule has 21 heavy (non-hydrogen) atoms. The maximum Gasteiger partial charge on any atom is 0.115 e. The number of aromatic hydroxyl groups is 1. The van der Waals surface area contributed by atoms with Gasteiger partial charge in [0.25, 0.3) is 0 Å². The van der Waals surface area contributed by atoms with Gasteiger partial charge in [-0.15, -0.1) is 0 Å². The molecule has 0 saturated carbocycles. The van der Waals surface area contributed by atoms with Gasteiger partial charge in [0.2, 0.25) is 0 Å². The van der Waals surface area contributed by atoms with Crippen LogP contribution in [-0.4, -0.2) is 11.3 Å². The summed E-state index contributed by atoms with van der Waals surface area (Å²) in [4.78, 5) is 4.35. The fraction of sp³-hybridized carbons (Fsp3) is 0. The molecule has 0 spiro atoms. The number of hydrogen-bond donors (Lipinski definition) is 1. The number of phenols is 1. The van der Waals surface area contributed by atoms with Gasteiger partial charge in [-0.25, -0.2) is 0 Å². The summed E-state index contributed by atoms with van der Waals surface area (Å²) in [5, 5.41) is 8.63. The summed E-state index contributed by atoms with van der Waals surface area (Å²) < 4.78 is 0. The van der Waals surface area contributed by atoms with E-state index in [0.717, 1.165) is 11.3 Å². The molecule has 3 aromatic rings. The van der Waals surface area contributed by atoms with Crippen LogP contribution in [0, 0.1) is 0 Å². The predicted molar refractivity (Wildman–Crippen MR) is 88.2 cm³/mol. The Labute approximate surface area is 125 Å². The molecule has 2 nitrogen and oxygen atoms in total. The third kappa shape index (κ3) is 5.74. The third-order valence-electron chi connectivity index (χ3n) is 2.67. The summed E-state index contributed by atoms with van der Waals surface area (Å²) in [6.07, 6.45) is 1.87. The van der Waals surface area contributed by atoms with Gasteiger partial charge in [0.1, 0.15) is 5.75 Å². The van der Waals surface area contributed by atoms with Gasteiger partial charge in [-0.05, 0) is 29.8 Å². The van der Waals surface area contributed by atoms with Crippen LogP contribution in [0.15, 0.2) is 96.0 Å². The summed E-state index contributed by atoms with van der Waals surface area (Å²) >= 11 is 0. The van der Waals surface area contributed by atoms with E-state index < -0.39 is 0 Å². The Hall–Kier alpha value is -2.87. The normalized spacial score (nSPS) is 9.90. The Morgan fingerprint density at radius 1 is 0.619 bits per heavy atom. The molecule has 0 aliphatic heterocycles. The van der Waals surface area contributed by atoms with Gasteiger partial charge in [-0.2, -0.15) is 0 Å². The summed E-state index contributed by atoms with van der Waals surface area (Å²) in [6.45, 7) is 0. The molecule has 0 aliphatic rings. The molecule has 0 radical (unpaired) electrons. The molecule has 0 atom stereocenters. The van der Waals surface area contributed by atoms with E-state index in [2.05, 4.69) is 4.99 Å².